The summed E-state index contributed by atoms with van der Waals surface area (Å²) in [6.07, 6.45) is -4.31. The van der Waals surface area contributed by atoms with Gasteiger partial charge in [0, 0.05) is 21.0 Å². The van der Waals surface area contributed by atoms with Gasteiger partial charge in [-0.25, -0.2) is 0 Å². The van der Waals surface area contributed by atoms with Crippen LogP contribution in [0.1, 0.15) is 36.2 Å². The Bertz CT molecular complexity index is 1560. The van der Waals surface area contributed by atoms with Crippen LogP contribution in [-0.2, 0) is 6.42 Å². The van der Waals surface area contributed by atoms with Crippen molar-refractivity contribution in [3.05, 3.63) is 70.9 Å². The lowest BCUT2D eigenvalue weighted by Crippen LogP contribution is -2.34. The average Bonchev–Trinajstić information content (AvgIpc) is 3.12. The Morgan fingerprint density at radius 3 is 2.15 bits per heavy atom. The number of fused-ring (bicyclic) bond motifs is 5. The van der Waals surface area contributed by atoms with Crippen LogP contribution in [-0.4, -0.2) is 16.4 Å². The molecule has 0 aliphatic heterocycles. The Labute approximate surface area is 200 Å². The first-order chi connectivity index (χ1) is 15.9. The molecule has 0 unspecified atom stereocenters. The van der Waals surface area contributed by atoms with Crippen molar-refractivity contribution in [3.8, 4) is 11.3 Å². The SMILES string of the molecule is Cc1cc(C)cc(-c2nnc(C)c3c2sc2c4ccc(CC(C)(C)C(F)(F)F)cc4ccc23)c1. The lowest BCUT2D eigenvalue weighted by atomic mass is 9.84. The zero-order chi connectivity index (χ0) is 24.4. The summed E-state index contributed by atoms with van der Waals surface area (Å²) in [5, 5.41) is 13.2. The molecule has 174 valence electrons. The molecule has 34 heavy (non-hydrogen) atoms. The molecular weight excluding hydrogens is 453 g/mol. The molecule has 6 heteroatoms. The summed E-state index contributed by atoms with van der Waals surface area (Å²) in [6, 6.07) is 16.1. The van der Waals surface area contributed by atoms with Gasteiger partial charge in [0.1, 0.15) is 5.69 Å². The molecule has 0 radical (unpaired) electrons. The first kappa shape index (κ1) is 22.8. The normalized spacial score (nSPS) is 12.8. The molecular formula is C28H25F3N2S. The van der Waals surface area contributed by atoms with Crippen LogP contribution in [0.25, 0.3) is 42.2 Å². The molecule has 0 aliphatic carbocycles. The molecule has 0 bridgehead atoms. The predicted molar refractivity (Wildman–Crippen MR) is 136 cm³/mol. The molecule has 0 atom stereocenters. The molecule has 5 rings (SSSR count). The quantitative estimate of drug-likeness (QED) is 0.259. The van der Waals surface area contributed by atoms with Crippen LogP contribution >= 0.6 is 11.3 Å². The van der Waals surface area contributed by atoms with Crippen molar-refractivity contribution in [3.63, 3.8) is 0 Å². The maximum absolute atomic E-state index is 13.4. The number of rotatable bonds is 3. The highest BCUT2D eigenvalue weighted by atomic mass is 32.1. The number of nitrogens with zero attached hydrogens (tertiary/aromatic N) is 2. The molecule has 2 heterocycles. The van der Waals surface area contributed by atoms with E-state index in [1.54, 1.807) is 11.3 Å². The van der Waals surface area contributed by atoms with Crippen LogP contribution in [0, 0.1) is 26.2 Å². The van der Waals surface area contributed by atoms with Crippen molar-refractivity contribution >= 4 is 42.3 Å². The second-order valence-electron chi connectivity index (χ2n) is 9.87. The molecule has 0 saturated carbocycles. The van der Waals surface area contributed by atoms with E-state index in [2.05, 4.69) is 48.3 Å². The number of aryl methyl sites for hydroxylation is 3. The molecule has 0 aliphatic rings. The van der Waals surface area contributed by atoms with E-state index in [4.69, 9.17) is 0 Å². The van der Waals surface area contributed by atoms with E-state index >= 15 is 0 Å². The van der Waals surface area contributed by atoms with E-state index < -0.39 is 11.6 Å². The summed E-state index contributed by atoms with van der Waals surface area (Å²) in [5.74, 6) is 0. The van der Waals surface area contributed by atoms with Crippen LogP contribution in [0.5, 0.6) is 0 Å². The van der Waals surface area contributed by atoms with E-state index in [0.717, 1.165) is 47.9 Å². The number of halogens is 3. The van der Waals surface area contributed by atoms with Crippen LogP contribution in [0.15, 0.2) is 48.5 Å². The van der Waals surface area contributed by atoms with Crippen LogP contribution in [0.2, 0.25) is 0 Å². The van der Waals surface area contributed by atoms with Gasteiger partial charge in [-0.1, -0.05) is 61.4 Å². The van der Waals surface area contributed by atoms with Crippen molar-refractivity contribution in [1.82, 2.24) is 10.2 Å². The lowest BCUT2D eigenvalue weighted by molar-refractivity contribution is -0.211. The van der Waals surface area contributed by atoms with Gasteiger partial charge in [-0.05, 0) is 55.7 Å². The smallest absolute Gasteiger partial charge is 0.171 e. The third kappa shape index (κ3) is 3.74. The molecule has 2 nitrogen and oxygen atoms in total. The number of hydrogen-bond acceptors (Lipinski definition) is 3. The predicted octanol–water partition coefficient (Wildman–Crippen LogP) is 8.72. The minimum Gasteiger partial charge on any atom is -0.171 e. The topological polar surface area (TPSA) is 25.8 Å². The van der Waals surface area contributed by atoms with E-state index in [1.165, 1.54) is 25.0 Å². The van der Waals surface area contributed by atoms with Gasteiger partial charge in [-0.15, -0.1) is 16.4 Å². The molecule has 0 spiro atoms. The highest BCUT2D eigenvalue weighted by Gasteiger charge is 2.46. The number of alkyl halides is 3. The summed E-state index contributed by atoms with van der Waals surface area (Å²) in [6.45, 7) is 8.63. The fraction of sp³-hybridized carbons (Fsp3) is 0.286. The van der Waals surface area contributed by atoms with Crippen molar-refractivity contribution in [2.75, 3.05) is 0 Å². The van der Waals surface area contributed by atoms with Gasteiger partial charge < -0.3 is 0 Å². The first-order valence-corrected chi connectivity index (χ1v) is 12.0. The van der Waals surface area contributed by atoms with E-state index in [-0.39, 0.29) is 6.42 Å². The maximum Gasteiger partial charge on any atom is 0.394 e. The van der Waals surface area contributed by atoms with E-state index in [9.17, 15) is 13.2 Å². The molecule has 0 amide bonds. The Morgan fingerprint density at radius 1 is 0.794 bits per heavy atom. The molecule has 2 aromatic heterocycles. The fourth-order valence-electron chi connectivity index (χ4n) is 4.70. The van der Waals surface area contributed by atoms with Crippen LogP contribution in [0.3, 0.4) is 0 Å². The van der Waals surface area contributed by atoms with Gasteiger partial charge in [0.2, 0.25) is 0 Å². The molecule has 3 aromatic carbocycles. The number of benzene rings is 3. The zero-order valence-corrected chi connectivity index (χ0v) is 20.6. The van der Waals surface area contributed by atoms with Gasteiger partial charge >= 0.3 is 6.18 Å². The fourth-order valence-corrected chi connectivity index (χ4v) is 6.10. The maximum atomic E-state index is 13.4. The number of hydrogen-bond donors (Lipinski definition) is 0. The van der Waals surface area contributed by atoms with Crippen molar-refractivity contribution in [2.24, 2.45) is 5.41 Å². The molecule has 5 aromatic rings. The van der Waals surface area contributed by atoms with E-state index in [0.29, 0.717) is 5.56 Å². The second-order valence-corrected chi connectivity index (χ2v) is 10.9. The van der Waals surface area contributed by atoms with Crippen LogP contribution < -0.4 is 0 Å². The highest BCUT2D eigenvalue weighted by Crippen LogP contribution is 2.44. The van der Waals surface area contributed by atoms with E-state index in [1.807, 2.05) is 31.2 Å². The molecule has 0 saturated heterocycles. The summed E-state index contributed by atoms with van der Waals surface area (Å²) in [5.41, 5.74) is 4.03. The zero-order valence-electron chi connectivity index (χ0n) is 19.8. The third-order valence-electron chi connectivity index (χ3n) is 6.52. The largest absolute Gasteiger partial charge is 0.394 e. The summed E-state index contributed by atoms with van der Waals surface area (Å²) >= 11 is 1.68. The Balaban J connectivity index is 1.71. The monoisotopic (exact) mass is 478 g/mol. The van der Waals surface area contributed by atoms with Crippen molar-refractivity contribution in [2.45, 2.75) is 47.2 Å². The number of thiophene rings is 1. The average molecular weight is 479 g/mol. The third-order valence-corrected chi connectivity index (χ3v) is 7.77. The minimum atomic E-state index is -4.25. The van der Waals surface area contributed by atoms with Gasteiger partial charge in [-0.3, -0.25) is 0 Å². The van der Waals surface area contributed by atoms with Crippen LogP contribution in [0.4, 0.5) is 13.2 Å². The standard InChI is InChI=1S/C28H25F3N2S/c1-15-10-16(2)12-20(11-15)24-26-23(17(3)32-33-24)22-9-7-19-13-18(6-8-21(19)25(22)34-26)14-27(4,5)28(29,30)31/h6-13H,14H2,1-5H3. The number of aromatic nitrogens is 2. The summed E-state index contributed by atoms with van der Waals surface area (Å²) in [4.78, 5) is 0. The van der Waals surface area contributed by atoms with Gasteiger partial charge in [-0.2, -0.15) is 18.3 Å². The van der Waals surface area contributed by atoms with Gasteiger partial charge in [0.05, 0.1) is 15.8 Å². The van der Waals surface area contributed by atoms with Gasteiger partial charge in [0.15, 0.2) is 0 Å². The Kier molecular flexibility index (Phi) is 5.21. The first-order valence-electron chi connectivity index (χ1n) is 11.2. The summed E-state index contributed by atoms with van der Waals surface area (Å²) < 4.78 is 42.4. The Morgan fingerprint density at radius 2 is 1.47 bits per heavy atom. The van der Waals surface area contributed by atoms with Crippen molar-refractivity contribution < 1.29 is 13.2 Å². The van der Waals surface area contributed by atoms with Crippen molar-refractivity contribution in [1.29, 1.82) is 0 Å². The lowest BCUT2D eigenvalue weighted by Gasteiger charge is -2.27. The molecule has 0 N–H and O–H groups in total. The summed E-state index contributed by atoms with van der Waals surface area (Å²) in [7, 11) is 0. The molecule has 0 fully saturated rings. The Hall–Kier alpha value is -2.99. The minimum absolute atomic E-state index is 0.0549. The second kappa shape index (κ2) is 7.77. The van der Waals surface area contributed by atoms with Gasteiger partial charge in [0.25, 0.3) is 0 Å². The highest BCUT2D eigenvalue weighted by molar-refractivity contribution is 7.27.